The number of carbonyl (C=O) groups is 1. The first kappa shape index (κ1) is 14.4. The number of rotatable bonds is 5. The average molecular weight is 363 g/mol. The maximum Gasteiger partial charge on any atom is 0.216 e. The number of amides is 1. The van der Waals surface area contributed by atoms with Gasteiger partial charge in [0.25, 0.3) is 0 Å². The molecule has 5 heteroatoms. The molecule has 0 fully saturated rings. The van der Waals surface area contributed by atoms with E-state index in [1.807, 2.05) is 16.2 Å². The number of halogens is 1. The molecule has 0 unspecified atom stereocenters. The van der Waals surface area contributed by atoms with Crippen molar-refractivity contribution in [1.29, 1.82) is 0 Å². The van der Waals surface area contributed by atoms with Gasteiger partial charge in [0.05, 0.1) is 0 Å². The minimum Gasteiger partial charge on any atom is -0.508 e. The fraction of sp³-hybridized carbons (Fsp3) is 0.250. The molecular formula is C12H14INO2S. The molecule has 0 aromatic heterocycles. The number of thioether (sulfide) groups is 1. The van der Waals surface area contributed by atoms with E-state index in [1.165, 1.54) is 6.92 Å². The van der Waals surface area contributed by atoms with Crippen molar-refractivity contribution in [2.45, 2.75) is 11.8 Å². The summed E-state index contributed by atoms with van der Waals surface area (Å²) in [5.74, 6) is 1.07. The summed E-state index contributed by atoms with van der Waals surface area (Å²) in [5, 5.41) is 12.2. The lowest BCUT2D eigenvalue weighted by Crippen LogP contribution is -2.22. The second-order valence-electron chi connectivity index (χ2n) is 3.35. The molecule has 1 aromatic rings. The quantitative estimate of drug-likeness (QED) is 0.480. The van der Waals surface area contributed by atoms with Gasteiger partial charge >= 0.3 is 0 Å². The van der Waals surface area contributed by atoms with E-state index in [4.69, 9.17) is 0 Å². The second kappa shape index (κ2) is 7.60. The average Bonchev–Trinajstić information content (AvgIpc) is 2.27. The first-order valence-corrected chi connectivity index (χ1v) is 7.33. The standard InChI is InChI=1S/C12H14INO2S/c1-9(15)14-6-7-17-12-3-2-11(16)8-10(12)4-5-13/h2-5,8,16H,6-7H2,1H3,(H,14,15)/b5-4+. The van der Waals surface area contributed by atoms with Crippen LogP contribution in [-0.2, 0) is 4.79 Å². The SMILES string of the molecule is CC(=O)NCCSc1ccc(O)cc1/C=C/I. The number of nitrogens with one attached hydrogen (secondary N) is 1. The van der Waals surface area contributed by atoms with E-state index in [-0.39, 0.29) is 11.7 Å². The van der Waals surface area contributed by atoms with Crippen molar-refractivity contribution >= 4 is 46.3 Å². The van der Waals surface area contributed by atoms with E-state index in [9.17, 15) is 9.90 Å². The molecule has 3 nitrogen and oxygen atoms in total. The van der Waals surface area contributed by atoms with Crippen LogP contribution in [0.5, 0.6) is 5.75 Å². The van der Waals surface area contributed by atoms with Crippen molar-refractivity contribution in [3.63, 3.8) is 0 Å². The summed E-state index contributed by atoms with van der Waals surface area (Å²) < 4.78 is 1.91. The summed E-state index contributed by atoms with van der Waals surface area (Å²) in [6.07, 6.45) is 1.95. The molecule has 92 valence electrons. The zero-order valence-corrected chi connectivity index (χ0v) is 12.4. The molecule has 0 spiro atoms. The Morgan fingerprint density at radius 3 is 3.00 bits per heavy atom. The zero-order chi connectivity index (χ0) is 12.7. The minimum absolute atomic E-state index is 0.0105. The van der Waals surface area contributed by atoms with Gasteiger partial charge in [-0.15, -0.1) is 11.8 Å². The van der Waals surface area contributed by atoms with E-state index >= 15 is 0 Å². The van der Waals surface area contributed by atoms with Gasteiger partial charge in [-0.1, -0.05) is 22.6 Å². The molecule has 0 atom stereocenters. The highest BCUT2D eigenvalue weighted by Crippen LogP contribution is 2.27. The lowest BCUT2D eigenvalue weighted by atomic mass is 10.2. The Labute approximate surface area is 119 Å². The number of benzene rings is 1. The maximum absolute atomic E-state index is 10.7. The molecule has 0 saturated heterocycles. The van der Waals surface area contributed by atoms with Gasteiger partial charge in [0, 0.05) is 24.1 Å². The lowest BCUT2D eigenvalue weighted by Gasteiger charge is -2.06. The molecule has 0 aliphatic carbocycles. The van der Waals surface area contributed by atoms with Crippen molar-refractivity contribution in [3.8, 4) is 5.75 Å². The van der Waals surface area contributed by atoms with Crippen LogP contribution in [0.25, 0.3) is 6.08 Å². The van der Waals surface area contributed by atoms with Gasteiger partial charge in [-0.2, -0.15) is 0 Å². The molecular weight excluding hydrogens is 349 g/mol. The highest BCUT2D eigenvalue weighted by atomic mass is 127. The molecule has 0 aliphatic heterocycles. The smallest absolute Gasteiger partial charge is 0.216 e. The number of hydrogen-bond donors (Lipinski definition) is 2. The summed E-state index contributed by atoms with van der Waals surface area (Å²) in [6.45, 7) is 2.16. The minimum atomic E-state index is -0.0105. The van der Waals surface area contributed by atoms with Crippen LogP contribution < -0.4 is 5.32 Å². The fourth-order valence-corrected chi connectivity index (χ4v) is 2.52. The van der Waals surface area contributed by atoms with E-state index in [0.717, 1.165) is 16.2 Å². The summed E-state index contributed by atoms with van der Waals surface area (Å²) in [5.41, 5.74) is 0.993. The van der Waals surface area contributed by atoms with Gasteiger partial charge in [-0.25, -0.2) is 0 Å². The number of aromatic hydroxyl groups is 1. The highest BCUT2D eigenvalue weighted by Gasteiger charge is 2.02. The summed E-state index contributed by atoms with van der Waals surface area (Å²) in [7, 11) is 0. The lowest BCUT2D eigenvalue weighted by molar-refractivity contribution is -0.118. The molecule has 0 radical (unpaired) electrons. The molecule has 1 rings (SSSR count). The number of phenols is 1. The Bertz CT molecular complexity index is 421. The van der Waals surface area contributed by atoms with Crippen molar-refractivity contribution < 1.29 is 9.90 Å². The molecule has 1 amide bonds. The van der Waals surface area contributed by atoms with Gasteiger partial charge in [-0.3, -0.25) is 4.79 Å². The summed E-state index contributed by atoms with van der Waals surface area (Å²) in [4.78, 5) is 11.8. The van der Waals surface area contributed by atoms with Gasteiger partial charge in [0.15, 0.2) is 0 Å². The van der Waals surface area contributed by atoms with Crippen LogP contribution in [0.4, 0.5) is 0 Å². The Kier molecular flexibility index (Phi) is 6.43. The van der Waals surface area contributed by atoms with Crippen molar-refractivity contribution in [3.05, 3.63) is 27.8 Å². The highest BCUT2D eigenvalue weighted by molar-refractivity contribution is 14.1. The molecule has 2 N–H and O–H groups in total. The first-order valence-electron chi connectivity index (χ1n) is 5.10. The molecule has 17 heavy (non-hydrogen) atoms. The molecule has 0 heterocycles. The van der Waals surface area contributed by atoms with Crippen LogP contribution >= 0.6 is 34.4 Å². The molecule has 1 aromatic carbocycles. The Morgan fingerprint density at radius 1 is 1.59 bits per heavy atom. The maximum atomic E-state index is 10.7. The number of carbonyl (C=O) groups excluding carboxylic acids is 1. The van der Waals surface area contributed by atoms with Crippen LogP contribution in [0.2, 0.25) is 0 Å². The van der Waals surface area contributed by atoms with Crippen LogP contribution in [0.1, 0.15) is 12.5 Å². The van der Waals surface area contributed by atoms with Crippen LogP contribution in [-0.4, -0.2) is 23.3 Å². The van der Waals surface area contributed by atoms with Crippen molar-refractivity contribution in [2.75, 3.05) is 12.3 Å². The predicted molar refractivity (Wildman–Crippen MR) is 80.6 cm³/mol. The van der Waals surface area contributed by atoms with E-state index in [1.54, 1.807) is 23.9 Å². The zero-order valence-electron chi connectivity index (χ0n) is 9.44. The van der Waals surface area contributed by atoms with Gasteiger partial charge in [0.2, 0.25) is 5.91 Å². The van der Waals surface area contributed by atoms with Crippen LogP contribution in [0.15, 0.2) is 27.2 Å². The van der Waals surface area contributed by atoms with E-state index in [2.05, 4.69) is 27.9 Å². The monoisotopic (exact) mass is 363 g/mol. The molecule has 0 saturated carbocycles. The third-order valence-electron chi connectivity index (χ3n) is 1.97. The Hall–Kier alpha value is -0.690. The van der Waals surface area contributed by atoms with E-state index < -0.39 is 0 Å². The van der Waals surface area contributed by atoms with E-state index in [0.29, 0.717) is 6.54 Å². The third-order valence-corrected chi connectivity index (χ3v) is 3.42. The number of phenolic OH excluding ortho intramolecular Hbond substituents is 1. The third kappa shape index (κ3) is 5.45. The van der Waals surface area contributed by atoms with Crippen molar-refractivity contribution in [2.24, 2.45) is 0 Å². The normalized spacial score (nSPS) is 10.7. The van der Waals surface area contributed by atoms with Crippen molar-refractivity contribution in [1.82, 2.24) is 5.32 Å². The van der Waals surface area contributed by atoms with Gasteiger partial charge in [0.1, 0.15) is 5.75 Å². The topological polar surface area (TPSA) is 49.3 Å². The second-order valence-corrected chi connectivity index (χ2v) is 5.20. The first-order chi connectivity index (χ1) is 8.13. The Balaban J connectivity index is 2.60. The van der Waals surface area contributed by atoms with Gasteiger partial charge < -0.3 is 10.4 Å². The predicted octanol–water partition coefficient (Wildman–Crippen LogP) is 3.03. The van der Waals surface area contributed by atoms with Crippen LogP contribution in [0.3, 0.4) is 0 Å². The Morgan fingerprint density at radius 2 is 2.35 bits per heavy atom. The largest absolute Gasteiger partial charge is 0.508 e. The molecule has 0 aliphatic rings. The fourth-order valence-electron chi connectivity index (χ4n) is 1.25. The van der Waals surface area contributed by atoms with Crippen LogP contribution in [0, 0.1) is 0 Å². The number of hydrogen-bond acceptors (Lipinski definition) is 3. The van der Waals surface area contributed by atoms with Gasteiger partial charge in [-0.05, 0) is 33.9 Å². The summed E-state index contributed by atoms with van der Waals surface area (Å²) in [6, 6.07) is 5.29. The summed E-state index contributed by atoms with van der Waals surface area (Å²) >= 11 is 3.80. The molecule has 0 bridgehead atoms.